The van der Waals surface area contributed by atoms with Gasteiger partial charge >= 0.3 is 6.18 Å². The highest BCUT2D eigenvalue weighted by Gasteiger charge is 2.30. The van der Waals surface area contributed by atoms with Gasteiger partial charge in [-0.25, -0.2) is 4.99 Å². The monoisotopic (exact) mass is 397 g/mol. The number of guanidine groups is 1. The molecule has 0 aliphatic carbocycles. The Kier molecular flexibility index (Phi) is 7.71. The van der Waals surface area contributed by atoms with Gasteiger partial charge in [0.05, 0.1) is 24.3 Å². The van der Waals surface area contributed by atoms with E-state index in [1.54, 1.807) is 10.9 Å². The van der Waals surface area contributed by atoms with Crippen LogP contribution in [0.2, 0.25) is 0 Å². The van der Waals surface area contributed by atoms with E-state index < -0.39 is 11.7 Å². The molecule has 2 rings (SSSR count). The normalized spacial score (nSPS) is 13.3. The van der Waals surface area contributed by atoms with E-state index in [9.17, 15) is 13.2 Å². The van der Waals surface area contributed by atoms with E-state index in [0.717, 1.165) is 17.8 Å². The first-order valence-electron chi connectivity index (χ1n) is 9.16. The Morgan fingerprint density at radius 1 is 1.25 bits per heavy atom. The lowest BCUT2D eigenvalue weighted by Crippen LogP contribution is -2.42. The molecule has 0 fully saturated rings. The number of aliphatic imine (C=N–C) groups is 1. The van der Waals surface area contributed by atoms with E-state index in [2.05, 4.69) is 20.7 Å². The smallest absolute Gasteiger partial charge is 0.416 e. The van der Waals surface area contributed by atoms with Gasteiger partial charge in [-0.05, 0) is 37.6 Å². The maximum atomic E-state index is 12.9. The van der Waals surface area contributed by atoms with Crippen LogP contribution in [0, 0.1) is 0 Å². The molecule has 0 radical (unpaired) electrons. The minimum absolute atomic E-state index is 0.195. The van der Waals surface area contributed by atoms with E-state index in [-0.39, 0.29) is 11.9 Å². The summed E-state index contributed by atoms with van der Waals surface area (Å²) < 4.78 is 46.1. The molecular formula is C19H26F3N5O. The molecule has 1 aromatic heterocycles. The molecule has 0 spiro atoms. The predicted octanol–water partition coefficient (Wildman–Crippen LogP) is 3.35. The fraction of sp³-hybridized carbons (Fsp3) is 0.474. The van der Waals surface area contributed by atoms with Crippen molar-refractivity contribution < 1.29 is 17.9 Å². The zero-order chi connectivity index (χ0) is 20.6. The van der Waals surface area contributed by atoms with Gasteiger partial charge in [0.25, 0.3) is 0 Å². The van der Waals surface area contributed by atoms with Gasteiger partial charge in [-0.15, -0.1) is 0 Å². The van der Waals surface area contributed by atoms with Crippen molar-refractivity contribution in [2.45, 2.75) is 39.1 Å². The number of aryl methyl sites for hydroxylation is 1. The van der Waals surface area contributed by atoms with Gasteiger partial charge in [0.15, 0.2) is 5.96 Å². The molecule has 0 aliphatic rings. The number of hydrogen-bond donors (Lipinski definition) is 2. The Morgan fingerprint density at radius 2 is 2.04 bits per heavy atom. The minimum atomic E-state index is -4.39. The number of nitrogens with one attached hydrogen (secondary N) is 2. The molecule has 0 saturated carbocycles. The Labute approximate surface area is 162 Å². The highest BCUT2D eigenvalue weighted by atomic mass is 19.4. The molecule has 2 aromatic rings. The molecule has 0 amide bonds. The highest BCUT2D eigenvalue weighted by Crippen LogP contribution is 2.31. The van der Waals surface area contributed by atoms with Crippen LogP contribution >= 0.6 is 0 Å². The molecule has 1 atom stereocenters. The van der Waals surface area contributed by atoms with Crippen molar-refractivity contribution in [3.05, 3.63) is 47.8 Å². The minimum Gasteiger partial charge on any atom is -0.489 e. The topological polar surface area (TPSA) is 63.5 Å². The first-order valence-corrected chi connectivity index (χ1v) is 9.16. The Hall–Kier alpha value is -2.71. The number of aromatic nitrogens is 2. The summed E-state index contributed by atoms with van der Waals surface area (Å²) in [7, 11) is 1.85. The summed E-state index contributed by atoms with van der Waals surface area (Å²) in [6.07, 6.45) is -2.36. The second-order valence-corrected chi connectivity index (χ2v) is 6.20. The molecule has 154 valence electrons. The molecule has 1 aromatic carbocycles. The van der Waals surface area contributed by atoms with Gasteiger partial charge in [-0.1, -0.05) is 13.0 Å². The van der Waals surface area contributed by atoms with E-state index in [4.69, 9.17) is 4.74 Å². The quantitative estimate of drug-likeness (QED) is 0.530. The summed E-state index contributed by atoms with van der Waals surface area (Å²) in [6, 6.07) is 6.81. The SMILES string of the molecule is CCNC(=NCc1ccnn1C)NCC(CC)Oc1cccc(C(F)(F)F)c1. The zero-order valence-corrected chi connectivity index (χ0v) is 16.3. The number of ether oxygens (including phenoxy) is 1. The highest BCUT2D eigenvalue weighted by molar-refractivity contribution is 5.79. The summed E-state index contributed by atoms with van der Waals surface area (Å²) in [4.78, 5) is 4.51. The van der Waals surface area contributed by atoms with Crippen molar-refractivity contribution in [2.24, 2.45) is 12.0 Å². The summed E-state index contributed by atoms with van der Waals surface area (Å²) in [5.41, 5.74) is 0.239. The number of hydrogen-bond acceptors (Lipinski definition) is 3. The molecular weight excluding hydrogens is 371 g/mol. The third-order valence-corrected chi connectivity index (χ3v) is 4.08. The van der Waals surface area contributed by atoms with E-state index in [1.807, 2.05) is 27.0 Å². The van der Waals surface area contributed by atoms with Crippen LogP contribution < -0.4 is 15.4 Å². The molecule has 28 heavy (non-hydrogen) atoms. The van der Waals surface area contributed by atoms with Crippen LogP contribution in [-0.2, 0) is 19.8 Å². The Balaban J connectivity index is 1.97. The molecule has 0 bridgehead atoms. The lowest BCUT2D eigenvalue weighted by molar-refractivity contribution is -0.137. The average molecular weight is 397 g/mol. The zero-order valence-electron chi connectivity index (χ0n) is 16.3. The second kappa shape index (κ2) is 10.0. The molecule has 1 unspecified atom stereocenters. The van der Waals surface area contributed by atoms with Crippen LogP contribution in [0.4, 0.5) is 13.2 Å². The van der Waals surface area contributed by atoms with E-state index in [0.29, 0.717) is 32.0 Å². The van der Waals surface area contributed by atoms with Gasteiger partial charge in [0.1, 0.15) is 11.9 Å². The lowest BCUT2D eigenvalue weighted by atomic mass is 10.2. The van der Waals surface area contributed by atoms with Crippen molar-refractivity contribution in [3.8, 4) is 5.75 Å². The maximum Gasteiger partial charge on any atom is 0.416 e. The third kappa shape index (κ3) is 6.47. The van der Waals surface area contributed by atoms with Gasteiger partial charge in [0.2, 0.25) is 0 Å². The lowest BCUT2D eigenvalue weighted by Gasteiger charge is -2.20. The second-order valence-electron chi connectivity index (χ2n) is 6.20. The van der Waals surface area contributed by atoms with Crippen molar-refractivity contribution in [1.29, 1.82) is 0 Å². The molecule has 6 nitrogen and oxygen atoms in total. The first kappa shape index (κ1) is 21.6. The molecule has 0 aliphatic heterocycles. The maximum absolute atomic E-state index is 12.9. The van der Waals surface area contributed by atoms with Gasteiger partial charge in [-0.2, -0.15) is 18.3 Å². The molecule has 2 N–H and O–H groups in total. The van der Waals surface area contributed by atoms with E-state index >= 15 is 0 Å². The average Bonchev–Trinajstić information content (AvgIpc) is 3.07. The van der Waals surface area contributed by atoms with Crippen LogP contribution in [0.1, 0.15) is 31.5 Å². The standard InChI is InChI=1S/C19H26F3N5O/c1-4-16(28-17-8-6-7-14(11-17)19(20,21)22)13-25-18(23-5-2)24-12-15-9-10-26-27(15)3/h6-11,16H,4-5,12-13H2,1-3H3,(H2,23,24,25). The number of benzene rings is 1. The number of halogens is 3. The number of rotatable bonds is 8. The number of alkyl halides is 3. The van der Waals surface area contributed by atoms with Crippen LogP contribution in [0.15, 0.2) is 41.5 Å². The predicted molar refractivity (Wildman–Crippen MR) is 102 cm³/mol. The van der Waals surface area contributed by atoms with Crippen molar-refractivity contribution in [3.63, 3.8) is 0 Å². The summed E-state index contributed by atoms with van der Waals surface area (Å²) in [5, 5.41) is 10.4. The van der Waals surface area contributed by atoms with Crippen molar-refractivity contribution in [1.82, 2.24) is 20.4 Å². The van der Waals surface area contributed by atoms with Crippen molar-refractivity contribution in [2.75, 3.05) is 13.1 Å². The van der Waals surface area contributed by atoms with Gasteiger partial charge in [0, 0.05) is 19.8 Å². The third-order valence-electron chi connectivity index (χ3n) is 4.08. The summed E-state index contributed by atoms with van der Waals surface area (Å²) in [5.74, 6) is 0.801. The van der Waals surface area contributed by atoms with Gasteiger partial charge in [-0.3, -0.25) is 4.68 Å². The summed E-state index contributed by atoms with van der Waals surface area (Å²) >= 11 is 0. The van der Waals surface area contributed by atoms with Crippen LogP contribution in [0.5, 0.6) is 5.75 Å². The Bertz CT molecular complexity index is 773. The molecule has 9 heteroatoms. The van der Waals surface area contributed by atoms with Crippen LogP contribution in [-0.4, -0.2) is 34.9 Å². The number of nitrogens with zero attached hydrogens (tertiary/aromatic N) is 3. The summed E-state index contributed by atoms with van der Waals surface area (Å²) in [6.45, 7) is 5.42. The fourth-order valence-corrected chi connectivity index (χ4v) is 2.48. The van der Waals surface area contributed by atoms with Gasteiger partial charge < -0.3 is 15.4 Å². The van der Waals surface area contributed by atoms with E-state index in [1.165, 1.54) is 12.1 Å². The largest absolute Gasteiger partial charge is 0.489 e. The van der Waals surface area contributed by atoms with Crippen molar-refractivity contribution >= 4 is 5.96 Å². The molecule has 0 saturated heterocycles. The van der Waals surface area contributed by atoms with Crippen LogP contribution in [0.25, 0.3) is 0 Å². The first-order chi connectivity index (χ1) is 13.3. The molecule has 1 heterocycles. The van der Waals surface area contributed by atoms with Crippen LogP contribution in [0.3, 0.4) is 0 Å². The fourth-order valence-electron chi connectivity index (χ4n) is 2.48. The Morgan fingerprint density at radius 3 is 2.64 bits per heavy atom.